The van der Waals surface area contributed by atoms with Gasteiger partial charge in [0.15, 0.2) is 0 Å². The molecule has 28 heavy (non-hydrogen) atoms. The Labute approximate surface area is 177 Å². The van der Waals surface area contributed by atoms with E-state index in [1.807, 2.05) is 12.1 Å². The number of hydrogen-bond acceptors (Lipinski definition) is 3. The van der Waals surface area contributed by atoms with Gasteiger partial charge in [-0.15, -0.1) is 0 Å². The molecule has 5 nitrogen and oxygen atoms in total. The van der Waals surface area contributed by atoms with Crippen LogP contribution in [0.4, 0.5) is 10.5 Å². The third kappa shape index (κ3) is 4.07. The fraction of sp³-hybridized carbons (Fsp3) is 0.667. The molecule has 0 aromatic heterocycles. The van der Waals surface area contributed by atoms with Crippen LogP contribution in [0.5, 0.6) is 0 Å². The van der Waals surface area contributed by atoms with E-state index in [2.05, 4.69) is 21.2 Å². The monoisotopic (exact) mass is 424 g/mol. The molecule has 4 rings (SSSR count). The van der Waals surface area contributed by atoms with Gasteiger partial charge in [-0.1, -0.05) is 29.3 Å². The van der Waals surface area contributed by atoms with E-state index in [0.29, 0.717) is 21.5 Å². The molecule has 3 fully saturated rings. The van der Waals surface area contributed by atoms with E-state index in [9.17, 15) is 4.79 Å². The van der Waals surface area contributed by atoms with Gasteiger partial charge in [0.2, 0.25) is 0 Å². The summed E-state index contributed by atoms with van der Waals surface area (Å²) in [6, 6.07) is 6.25. The number of anilines is 1. The largest absolute Gasteiger partial charge is 0.369 e. The summed E-state index contributed by atoms with van der Waals surface area (Å²) in [6.07, 6.45) is 4.63. The third-order valence-corrected chi connectivity index (χ3v) is 7.35. The van der Waals surface area contributed by atoms with Crippen LogP contribution in [0.15, 0.2) is 18.2 Å². The minimum atomic E-state index is 0.0301. The fourth-order valence-electron chi connectivity index (χ4n) is 5.06. The van der Waals surface area contributed by atoms with Crippen LogP contribution in [0, 0.1) is 11.3 Å². The first-order valence-electron chi connectivity index (χ1n) is 10.2. The van der Waals surface area contributed by atoms with Gasteiger partial charge in [0.1, 0.15) is 0 Å². The van der Waals surface area contributed by atoms with Crippen molar-refractivity contribution in [2.75, 3.05) is 51.7 Å². The zero-order valence-electron chi connectivity index (χ0n) is 16.8. The average Bonchev–Trinajstić information content (AvgIpc) is 2.60. The van der Waals surface area contributed by atoms with Gasteiger partial charge >= 0.3 is 6.03 Å². The molecule has 1 aromatic carbocycles. The Hall–Kier alpha value is -1.17. The molecular weight excluding hydrogens is 395 g/mol. The van der Waals surface area contributed by atoms with Crippen LogP contribution >= 0.6 is 23.2 Å². The zero-order chi connectivity index (χ0) is 19.9. The molecule has 1 spiro atoms. The van der Waals surface area contributed by atoms with E-state index in [0.717, 1.165) is 37.5 Å². The first kappa shape index (κ1) is 20.1. The van der Waals surface area contributed by atoms with Gasteiger partial charge in [0, 0.05) is 58.3 Å². The van der Waals surface area contributed by atoms with Crippen LogP contribution in [-0.4, -0.2) is 68.7 Å². The van der Waals surface area contributed by atoms with Crippen LogP contribution in [-0.2, 0) is 0 Å². The Bertz CT molecular complexity index is 719. The lowest BCUT2D eigenvalue weighted by molar-refractivity contribution is -0.0339. The van der Waals surface area contributed by atoms with E-state index in [1.54, 1.807) is 19.0 Å². The summed E-state index contributed by atoms with van der Waals surface area (Å²) in [5.74, 6) is 0.767. The first-order valence-corrected chi connectivity index (χ1v) is 11.0. The molecule has 0 radical (unpaired) electrons. The predicted octanol–water partition coefficient (Wildman–Crippen LogP) is 3.95. The molecule has 1 aliphatic carbocycles. The zero-order valence-corrected chi connectivity index (χ0v) is 18.3. The summed E-state index contributed by atoms with van der Waals surface area (Å²) >= 11 is 12.5. The second-order valence-electron chi connectivity index (χ2n) is 9.16. The number of benzene rings is 1. The molecule has 0 bridgehead atoms. The van der Waals surface area contributed by atoms with E-state index < -0.39 is 0 Å². The molecule has 2 aliphatic heterocycles. The molecule has 154 valence electrons. The smallest absolute Gasteiger partial charge is 0.317 e. The molecule has 2 amide bonds. The minimum Gasteiger partial charge on any atom is -0.369 e. The Kier molecular flexibility index (Phi) is 5.69. The summed E-state index contributed by atoms with van der Waals surface area (Å²) in [6.45, 7) is 5.74. The maximum Gasteiger partial charge on any atom is 0.317 e. The normalized spacial score (nSPS) is 26.5. The highest BCUT2D eigenvalue weighted by atomic mass is 35.5. The average molecular weight is 425 g/mol. The van der Waals surface area contributed by atoms with Crippen molar-refractivity contribution >= 4 is 34.9 Å². The third-order valence-electron chi connectivity index (χ3n) is 6.54. The summed E-state index contributed by atoms with van der Waals surface area (Å²) in [4.78, 5) is 18.4. The van der Waals surface area contributed by atoms with Gasteiger partial charge in [0.25, 0.3) is 0 Å². The highest BCUT2D eigenvalue weighted by Gasteiger charge is 2.52. The lowest BCUT2D eigenvalue weighted by Gasteiger charge is -2.61. The van der Waals surface area contributed by atoms with Crippen molar-refractivity contribution in [1.29, 1.82) is 0 Å². The van der Waals surface area contributed by atoms with Gasteiger partial charge in [-0.3, -0.25) is 0 Å². The van der Waals surface area contributed by atoms with Crippen molar-refractivity contribution in [3.63, 3.8) is 0 Å². The minimum absolute atomic E-state index is 0.0301. The summed E-state index contributed by atoms with van der Waals surface area (Å²) in [5, 5.41) is 4.43. The number of urea groups is 1. The predicted molar refractivity (Wildman–Crippen MR) is 116 cm³/mol. The Morgan fingerprint density at radius 2 is 1.82 bits per heavy atom. The summed E-state index contributed by atoms with van der Waals surface area (Å²) < 4.78 is 0. The van der Waals surface area contributed by atoms with E-state index in [1.165, 1.54) is 32.5 Å². The summed E-state index contributed by atoms with van der Waals surface area (Å²) in [5.41, 5.74) is 1.51. The molecule has 1 aromatic rings. The quantitative estimate of drug-likeness (QED) is 0.794. The second kappa shape index (κ2) is 7.92. The van der Waals surface area contributed by atoms with E-state index in [-0.39, 0.29) is 6.03 Å². The number of nitrogens with one attached hydrogen (secondary N) is 1. The van der Waals surface area contributed by atoms with Crippen LogP contribution in [0.25, 0.3) is 0 Å². The van der Waals surface area contributed by atoms with Gasteiger partial charge in [-0.05, 0) is 43.7 Å². The number of carbonyl (C=O) groups excluding carboxylic acids is 1. The van der Waals surface area contributed by atoms with Crippen molar-refractivity contribution in [2.24, 2.45) is 11.3 Å². The molecule has 2 saturated heterocycles. The van der Waals surface area contributed by atoms with Crippen molar-refractivity contribution in [2.45, 2.75) is 31.7 Å². The molecule has 1 saturated carbocycles. The lowest BCUT2D eigenvalue weighted by Crippen LogP contribution is -2.72. The SMILES string of the molecule is CN(C)C(=O)N[C@H]1CC[C@H](CN2CC3(C2)CN(c2cccc(Cl)c2Cl)C3)CC1. The van der Waals surface area contributed by atoms with Gasteiger partial charge in [-0.2, -0.15) is 0 Å². The summed E-state index contributed by atoms with van der Waals surface area (Å²) in [7, 11) is 3.59. The second-order valence-corrected chi connectivity index (χ2v) is 9.95. The van der Waals surface area contributed by atoms with Gasteiger partial charge < -0.3 is 20.0 Å². The van der Waals surface area contributed by atoms with Crippen molar-refractivity contribution in [3.8, 4) is 0 Å². The molecule has 7 heteroatoms. The molecular formula is C21H30Cl2N4O. The molecule has 1 N–H and O–H groups in total. The molecule has 0 unspecified atom stereocenters. The number of amides is 2. The first-order chi connectivity index (χ1) is 13.3. The van der Waals surface area contributed by atoms with Gasteiger partial charge in [-0.25, -0.2) is 4.79 Å². The Morgan fingerprint density at radius 1 is 1.14 bits per heavy atom. The fourth-order valence-corrected chi connectivity index (χ4v) is 5.48. The Balaban J connectivity index is 1.17. The number of hydrogen-bond donors (Lipinski definition) is 1. The lowest BCUT2D eigenvalue weighted by atomic mass is 9.71. The maximum atomic E-state index is 11.8. The van der Waals surface area contributed by atoms with Crippen molar-refractivity contribution in [3.05, 3.63) is 28.2 Å². The van der Waals surface area contributed by atoms with Crippen LogP contribution in [0.1, 0.15) is 25.7 Å². The number of carbonyl (C=O) groups is 1. The molecule has 0 atom stereocenters. The standard InChI is InChI=1S/C21H30Cl2N4O/c1-25(2)20(28)24-16-8-6-15(7-9-16)10-26-11-21(12-26)13-27(14-21)18-5-3-4-17(22)19(18)23/h3-5,15-16H,6-14H2,1-2H3,(H,24,28)/t15-,16-. The number of rotatable bonds is 4. The molecule has 3 aliphatic rings. The van der Waals surface area contributed by atoms with E-state index in [4.69, 9.17) is 23.2 Å². The molecule has 2 heterocycles. The van der Waals surface area contributed by atoms with Crippen LogP contribution < -0.4 is 10.2 Å². The maximum absolute atomic E-state index is 11.8. The van der Waals surface area contributed by atoms with Crippen molar-refractivity contribution < 1.29 is 4.79 Å². The number of likely N-dealkylation sites (tertiary alicyclic amines) is 1. The Morgan fingerprint density at radius 3 is 2.46 bits per heavy atom. The van der Waals surface area contributed by atoms with Crippen LogP contribution in [0.2, 0.25) is 10.0 Å². The van der Waals surface area contributed by atoms with E-state index >= 15 is 0 Å². The number of nitrogens with zero attached hydrogens (tertiary/aromatic N) is 3. The van der Waals surface area contributed by atoms with Gasteiger partial charge in [0.05, 0.1) is 15.7 Å². The topological polar surface area (TPSA) is 38.8 Å². The van der Waals surface area contributed by atoms with Crippen molar-refractivity contribution in [1.82, 2.24) is 15.1 Å². The number of halogens is 2. The van der Waals surface area contributed by atoms with Crippen LogP contribution in [0.3, 0.4) is 0 Å². The highest BCUT2D eigenvalue weighted by Crippen LogP contribution is 2.45. The highest BCUT2D eigenvalue weighted by molar-refractivity contribution is 6.43.